The average molecular weight is 356 g/mol. The Morgan fingerprint density at radius 1 is 0.852 bits per heavy atom. The maximum atomic E-state index is 8.07. The summed E-state index contributed by atoms with van der Waals surface area (Å²) < 4.78 is 53.0. The topological polar surface area (TPSA) is 38.9 Å². The number of benzene rings is 2. The third-order valence-electron chi connectivity index (χ3n) is 4.63. The third-order valence-corrected chi connectivity index (χ3v) is 4.63. The lowest BCUT2D eigenvalue weighted by Gasteiger charge is -2.08. The summed E-state index contributed by atoms with van der Waals surface area (Å²) in [7, 11) is 0. The van der Waals surface area contributed by atoms with Gasteiger partial charge in [0, 0.05) is 42.0 Å². The van der Waals surface area contributed by atoms with Crippen molar-refractivity contribution in [3.05, 3.63) is 84.2 Å². The molecular formula is C24H18N2O. The van der Waals surface area contributed by atoms with Crippen LogP contribution in [0.5, 0.6) is 0 Å². The van der Waals surface area contributed by atoms with E-state index in [0.717, 1.165) is 10.9 Å². The number of furan rings is 1. The predicted molar refractivity (Wildman–Crippen MR) is 110 cm³/mol. The molecule has 0 saturated heterocycles. The molecule has 3 heteroatoms. The molecule has 0 unspecified atom stereocenters. The van der Waals surface area contributed by atoms with Gasteiger partial charge in [0.25, 0.3) is 0 Å². The average Bonchev–Trinajstić information content (AvgIpc) is 3.16. The fourth-order valence-electron chi connectivity index (χ4n) is 3.33. The summed E-state index contributed by atoms with van der Waals surface area (Å²) >= 11 is 0. The number of fused-ring (bicyclic) bond motifs is 3. The lowest BCUT2D eigenvalue weighted by atomic mass is 10.00. The first-order valence-corrected chi connectivity index (χ1v) is 8.52. The van der Waals surface area contributed by atoms with Gasteiger partial charge in [0.05, 0.1) is 5.69 Å². The van der Waals surface area contributed by atoms with Gasteiger partial charge in [0.1, 0.15) is 5.58 Å². The van der Waals surface area contributed by atoms with Crippen LogP contribution in [0.4, 0.5) is 0 Å². The summed E-state index contributed by atoms with van der Waals surface area (Å²) in [4.78, 5) is 8.75. The van der Waals surface area contributed by atoms with Crippen LogP contribution in [0.25, 0.3) is 44.5 Å². The SMILES string of the molecule is [2H]C([2H])([2H])c1ccc2c(n1)oc1c(-c3cc(C([2H])([2H])[2H])c(-c4ccccc4)cn3)cccc12. The molecule has 3 heterocycles. The Morgan fingerprint density at radius 3 is 2.63 bits per heavy atom. The summed E-state index contributed by atoms with van der Waals surface area (Å²) in [6.07, 6.45) is 1.57. The van der Waals surface area contributed by atoms with Crippen molar-refractivity contribution in [2.24, 2.45) is 0 Å². The number of nitrogens with zero attached hydrogens (tertiary/aromatic N) is 2. The molecule has 3 nitrogen and oxygen atoms in total. The van der Waals surface area contributed by atoms with E-state index in [0.29, 0.717) is 27.8 Å². The zero-order valence-electron chi connectivity index (χ0n) is 20.2. The van der Waals surface area contributed by atoms with E-state index in [-0.39, 0.29) is 17.0 Å². The number of hydrogen-bond donors (Lipinski definition) is 0. The Bertz CT molecular complexity index is 1490. The summed E-state index contributed by atoms with van der Waals surface area (Å²) in [5, 5.41) is 1.42. The molecule has 0 saturated carbocycles. The molecule has 0 aliphatic rings. The van der Waals surface area contributed by atoms with E-state index < -0.39 is 13.7 Å². The molecule has 0 radical (unpaired) electrons. The van der Waals surface area contributed by atoms with E-state index in [4.69, 9.17) is 12.6 Å². The van der Waals surface area contributed by atoms with Crippen molar-refractivity contribution in [3.8, 4) is 22.4 Å². The van der Waals surface area contributed by atoms with Gasteiger partial charge >= 0.3 is 0 Å². The highest BCUT2D eigenvalue weighted by Gasteiger charge is 2.14. The zero-order chi connectivity index (χ0) is 23.4. The van der Waals surface area contributed by atoms with Gasteiger partial charge in [-0.1, -0.05) is 42.5 Å². The summed E-state index contributed by atoms with van der Waals surface area (Å²) in [5.74, 6) is 0. The van der Waals surface area contributed by atoms with Gasteiger partial charge in [-0.2, -0.15) is 0 Å². The quantitative estimate of drug-likeness (QED) is 0.371. The van der Waals surface area contributed by atoms with E-state index in [1.807, 2.05) is 42.5 Å². The molecule has 5 rings (SSSR count). The molecule has 3 aromatic heterocycles. The van der Waals surface area contributed by atoms with Crippen LogP contribution in [0.15, 0.2) is 77.3 Å². The highest BCUT2D eigenvalue weighted by molar-refractivity contribution is 6.08. The molecule has 0 atom stereocenters. The standard InChI is InChI=1S/C24H18N2O/c1-15-13-22(25-14-21(15)17-7-4-3-5-8-17)20-10-6-9-18-19-12-11-16(2)26-24(19)27-23(18)20/h3-14H,1-2H3/i1D3,2D3. The summed E-state index contributed by atoms with van der Waals surface area (Å²) in [6.45, 7) is -4.69. The van der Waals surface area contributed by atoms with Gasteiger partial charge in [-0.3, -0.25) is 4.98 Å². The highest BCUT2D eigenvalue weighted by atomic mass is 16.3. The van der Waals surface area contributed by atoms with Crippen LogP contribution in [0.3, 0.4) is 0 Å². The molecule has 0 bridgehead atoms. The van der Waals surface area contributed by atoms with Crippen LogP contribution in [0.2, 0.25) is 0 Å². The molecule has 5 aromatic rings. The zero-order valence-corrected chi connectivity index (χ0v) is 14.2. The molecule has 0 aliphatic heterocycles. The van der Waals surface area contributed by atoms with Gasteiger partial charge in [-0.25, -0.2) is 4.98 Å². The maximum absolute atomic E-state index is 8.07. The van der Waals surface area contributed by atoms with Crippen LogP contribution < -0.4 is 0 Å². The summed E-state index contributed by atoms with van der Waals surface area (Å²) in [5.41, 5.74) is 3.18. The minimum atomic E-state index is -2.35. The van der Waals surface area contributed by atoms with Gasteiger partial charge in [0.15, 0.2) is 0 Å². The maximum Gasteiger partial charge on any atom is 0.227 e. The van der Waals surface area contributed by atoms with Crippen LogP contribution in [0, 0.1) is 13.7 Å². The molecule has 0 fully saturated rings. The van der Waals surface area contributed by atoms with Crippen molar-refractivity contribution in [3.63, 3.8) is 0 Å². The first kappa shape index (κ1) is 10.6. The Labute approximate surface area is 165 Å². The molecule has 130 valence electrons. The van der Waals surface area contributed by atoms with Crippen molar-refractivity contribution in [1.82, 2.24) is 9.97 Å². The van der Waals surface area contributed by atoms with Crippen molar-refractivity contribution in [2.45, 2.75) is 13.7 Å². The lowest BCUT2D eigenvalue weighted by Crippen LogP contribution is -1.90. The van der Waals surface area contributed by atoms with Crippen molar-refractivity contribution in [2.75, 3.05) is 0 Å². The fraction of sp³-hybridized carbons (Fsp3) is 0.0833. The molecule has 2 aromatic carbocycles. The van der Waals surface area contributed by atoms with Crippen LogP contribution in [0.1, 0.15) is 19.5 Å². The predicted octanol–water partition coefficient (Wildman–Crippen LogP) is 6.33. The Hall–Kier alpha value is -3.46. The van der Waals surface area contributed by atoms with Gasteiger partial charge < -0.3 is 4.42 Å². The molecule has 0 spiro atoms. The van der Waals surface area contributed by atoms with E-state index >= 15 is 0 Å². The molecular weight excluding hydrogens is 332 g/mol. The minimum absolute atomic E-state index is 0.0503. The van der Waals surface area contributed by atoms with E-state index in [1.165, 1.54) is 6.07 Å². The van der Waals surface area contributed by atoms with Gasteiger partial charge in [-0.15, -0.1) is 0 Å². The number of hydrogen-bond acceptors (Lipinski definition) is 3. The number of pyridine rings is 2. The van der Waals surface area contributed by atoms with Gasteiger partial charge in [-0.05, 0) is 49.1 Å². The smallest absolute Gasteiger partial charge is 0.227 e. The second kappa shape index (κ2) is 6.06. The second-order valence-electron chi connectivity index (χ2n) is 6.31. The van der Waals surface area contributed by atoms with Gasteiger partial charge in [0.2, 0.25) is 5.71 Å². The Balaban J connectivity index is 1.72. The molecule has 0 N–H and O–H groups in total. The monoisotopic (exact) mass is 356 g/mol. The minimum Gasteiger partial charge on any atom is -0.437 e. The fourth-order valence-corrected chi connectivity index (χ4v) is 3.33. The van der Waals surface area contributed by atoms with Crippen molar-refractivity contribution >= 4 is 22.1 Å². The van der Waals surface area contributed by atoms with E-state index in [1.54, 1.807) is 24.4 Å². The first-order valence-electron chi connectivity index (χ1n) is 11.5. The molecule has 27 heavy (non-hydrogen) atoms. The largest absolute Gasteiger partial charge is 0.437 e. The van der Waals surface area contributed by atoms with Crippen LogP contribution in [-0.4, -0.2) is 9.97 Å². The van der Waals surface area contributed by atoms with E-state index in [9.17, 15) is 0 Å². The number of aryl methyl sites for hydroxylation is 2. The van der Waals surface area contributed by atoms with E-state index in [2.05, 4.69) is 9.97 Å². The normalized spacial score (nSPS) is 15.6. The first-order chi connectivity index (χ1) is 15.6. The van der Waals surface area contributed by atoms with Crippen molar-refractivity contribution in [1.29, 1.82) is 0 Å². The van der Waals surface area contributed by atoms with Crippen molar-refractivity contribution < 1.29 is 12.6 Å². The number of rotatable bonds is 2. The Morgan fingerprint density at radius 2 is 1.78 bits per heavy atom. The number of para-hydroxylation sites is 1. The Kier molecular flexibility index (Phi) is 2.39. The molecule has 0 amide bonds. The second-order valence-corrected chi connectivity index (χ2v) is 6.31. The third kappa shape index (κ3) is 2.59. The van der Waals surface area contributed by atoms with Crippen LogP contribution in [-0.2, 0) is 0 Å². The molecule has 0 aliphatic carbocycles. The highest BCUT2D eigenvalue weighted by Crippen LogP contribution is 2.35. The lowest BCUT2D eigenvalue weighted by molar-refractivity contribution is 0.653. The summed E-state index contributed by atoms with van der Waals surface area (Å²) in [6, 6.07) is 19.5. The van der Waals surface area contributed by atoms with Crippen LogP contribution >= 0.6 is 0 Å². The number of aromatic nitrogens is 2.